The molecule has 0 fully saturated rings. The van der Waals surface area contributed by atoms with E-state index in [1.165, 1.54) is 11.1 Å². The molecule has 1 aliphatic carbocycles. The van der Waals surface area contributed by atoms with Crippen LogP contribution in [0.2, 0.25) is 5.02 Å². The van der Waals surface area contributed by atoms with E-state index in [-0.39, 0.29) is 5.92 Å². The quantitative estimate of drug-likeness (QED) is 0.724. The second-order valence-corrected chi connectivity index (χ2v) is 7.13. The maximum atomic E-state index is 9.46. The molecule has 2 N–H and O–H groups in total. The van der Waals surface area contributed by atoms with Gasteiger partial charge in [-0.1, -0.05) is 48.0 Å². The molecule has 1 aromatic heterocycles. The summed E-state index contributed by atoms with van der Waals surface area (Å²) in [7, 11) is 0. The Morgan fingerprint density at radius 3 is 2.73 bits per heavy atom. The summed E-state index contributed by atoms with van der Waals surface area (Å²) in [5, 5.41) is 13.3. The van der Waals surface area contributed by atoms with Crippen molar-refractivity contribution in [3.05, 3.63) is 76.4 Å². The van der Waals surface area contributed by atoms with Crippen LogP contribution >= 0.6 is 11.6 Å². The smallest absolute Gasteiger partial charge is 0.223 e. The highest BCUT2D eigenvalue weighted by Crippen LogP contribution is 2.41. The minimum atomic E-state index is -0.448. The van der Waals surface area contributed by atoms with Crippen LogP contribution in [0.4, 0.5) is 5.95 Å². The lowest BCUT2D eigenvalue weighted by atomic mass is 9.78. The third-order valence-electron chi connectivity index (χ3n) is 4.71. The summed E-state index contributed by atoms with van der Waals surface area (Å²) >= 11 is 6.06. The zero-order valence-corrected chi connectivity index (χ0v) is 15.2. The van der Waals surface area contributed by atoms with Crippen molar-refractivity contribution in [2.45, 2.75) is 25.4 Å². The summed E-state index contributed by atoms with van der Waals surface area (Å²) in [6.07, 6.45) is 2.30. The lowest BCUT2D eigenvalue weighted by Crippen LogP contribution is -2.19. The Hall–Kier alpha value is -2.43. The lowest BCUT2D eigenvalue weighted by molar-refractivity contribution is 0.208. The largest absolute Gasteiger partial charge is 0.392 e. The Bertz CT molecular complexity index is 925. The molecule has 0 aliphatic heterocycles. The fourth-order valence-corrected chi connectivity index (χ4v) is 3.58. The van der Waals surface area contributed by atoms with Crippen molar-refractivity contribution >= 4 is 17.5 Å². The minimum absolute atomic E-state index is 0.260. The number of halogens is 1. The van der Waals surface area contributed by atoms with Gasteiger partial charge in [-0.3, -0.25) is 0 Å². The maximum absolute atomic E-state index is 9.46. The van der Waals surface area contributed by atoms with Gasteiger partial charge in [0.15, 0.2) is 0 Å². The van der Waals surface area contributed by atoms with Gasteiger partial charge >= 0.3 is 0 Å². The number of fused-ring (bicyclic) bond motifs is 3. The number of nitrogens with one attached hydrogen (secondary N) is 1. The fraction of sp³-hybridized carbons (Fsp3) is 0.238. The first kappa shape index (κ1) is 17.0. The first-order valence-electron chi connectivity index (χ1n) is 8.74. The SMILES string of the molecule is C[C@@H](O)CNc1ncc2c(n1)-c1ccccc1C(c1ccc(Cl)cc1)C2. The Balaban J connectivity index is 1.75. The van der Waals surface area contributed by atoms with E-state index >= 15 is 0 Å². The molecule has 0 amide bonds. The average Bonchev–Trinajstić information content (AvgIpc) is 2.66. The summed E-state index contributed by atoms with van der Waals surface area (Å²) in [5.41, 5.74) is 5.74. The molecule has 5 heteroatoms. The first-order chi connectivity index (χ1) is 12.6. The van der Waals surface area contributed by atoms with Gasteiger partial charge < -0.3 is 10.4 Å². The molecule has 2 atom stereocenters. The zero-order chi connectivity index (χ0) is 18.1. The average molecular weight is 366 g/mol. The number of hydrogen-bond donors (Lipinski definition) is 2. The first-order valence-corrected chi connectivity index (χ1v) is 9.12. The third-order valence-corrected chi connectivity index (χ3v) is 4.96. The third kappa shape index (κ3) is 3.30. The molecule has 2 aromatic carbocycles. The van der Waals surface area contributed by atoms with E-state index in [9.17, 15) is 5.11 Å². The van der Waals surface area contributed by atoms with E-state index in [1.54, 1.807) is 6.92 Å². The van der Waals surface area contributed by atoms with Crippen LogP contribution in [0.15, 0.2) is 54.7 Å². The predicted octanol–water partition coefficient (Wildman–Crippen LogP) is 4.28. The molecule has 0 saturated heterocycles. The van der Waals surface area contributed by atoms with Gasteiger partial charge in [0.1, 0.15) is 0 Å². The molecule has 0 bridgehead atoms. The van der Waals surface area contributed by atoms with Gasteiger partial charge in [-0.25, -0.2) is 9.97 Å². The summed E-state index contributed by atoms with van der Waals surface area (Å²) in [6.45, 7) is 2.16. The number of aliphatic hydroxyl groups is 1. The Morgan fingerprint density at radius 2 is 1.96 bits per heavy atom. The second-order valence-electron chi connectivity index (χ2n) is 6.69. The number of hydrogen-bond acceptors (Lipinski definition) is 4. The highest BCUT2D eigenvalue weighted by molar-refractivity contribution is 6.30. The number of nitrogens with zero attached hydrogens (tertiary/aromatic N) is 2. The van der Waals surface area contributed by atoms with Crippen LogP contribution < -0.4 is 5.32 Å². The van der Waals surface area contributed by atoms with E-state index in [0.29, 0.717) is 12.5 Å². The minimum Gasteiger partial charge on any atom is -0.392 e. The molecule has 1 aliphatic rings. The molecule has 0 radical (unpaired) electrons. The molecule has 0 spiro atoms. The Kier molecular flexibility index (Phi) is 4.62. The van der Waals surface area contributed by atoms with Crippen LogP contribution in [-0.2, 0) is 6.42 Å². The molecule has 3 aromatic rings. The highest BCUT2D eigenvalue weighted by atomic mass is 35.5. The van der Waals surface area contributed by atoms with Crippen molar-refractivity contribution in [1.29, 1.82) is 0 Å². The second kappa shape index (κ2) is 7.06. The van der Waals surface area contributed by atoms with E-state index in [0.717, 1.165) is 28.3 Å². The Morgan fingerprint density at radius 1 is 1.19 bits per heavy atom. The van der Waals surface area contributed by atoms with E-state index < -0.39 is 6.10 Å². The van der Waals surface area contributed by atoms with Crippen molar-refractivity contribution in [2.75, 3.05) is 11.9 Å². The molecule has 4 rings (SSSR count). The van der Waals surface area contributed by atoms with Crippen LogP contribution in [0, 0.1) is 0 Å². The van der Waals surface area contributed by atoms with Crippen LogP contribution in [0.3, 0.4) is 0 Å². The molecule has 4 nitrogen and oxygen atoms in total. The van der Waals surface area contributed by atoms with Crippen molar-refractivity contribution in [1.82, 2.24) is 9.97 Å². The summed E-state index contributed by atoms with van der Waals surface area (Å²) < 4.78 is 0. The van der Waals surface area contributed by atoms with E-state index in [1.807, 2.05) is 24.4 Å². The van der Waals surface area contributed by atoms with E-state index in [2.05, 4.69) is 40.6 Å². The maximum Gasteiger partial charge on any atom is 0.223 e. The molecule has 1 unspecified atom stereocenters. The lowest BCUT2D eigenvalue weighted by Gasteiger charge is -2.27. The molecule has 26 heavy (non-hydrogen) atoms. The van der Waals surface area contributed by atoms with Gasteiger partial charge in [-0.05, 0) is 42.2 Å². The van der Waals surface area contributed by atoms with Crippen LogP contribution in [0.1, 0.15) is 29.5 Å². The molecular weight excluding hydrogens is 346 g/mol. The number of rotatable bonds is 4. The van der Waals surface area contributed by atoms with E-state index in [4.69, 9.17) is 16.6 Å². The molecule has 1 heterocycles. The predicted molar refractivity (Wildman–Crippen MR) is 105 cm³/mol. The number of aliphatic hydroxyl groups excluding tert-OH is 1. The number of aromatic nitrogens is 2. The molecule has 0 saturated carbocycles. The van der Waals surface area contributed by atoms with Gasteiger partial charge in [0.25, 0.3) is 0 Å². The van der Waals surface area contributed by atoms with Crippen molar-refractivity contribution in [3.63, 3.8) is 0 Å². The summed E-state index contributed by atoms with van der Waals surface area (Å²) in [4.78, 5) is 9.14. The van der Waals surface area contributed by atoms with Crippen LogP contribution in [0.5, 0.6) is 0 Å². The normalized spacial score (nSPS) is 16.5. The summed E-state index contributed by atoms with van der Waals surface area (Å²) in [5.74, 6) is 0.806. The highest BCUT2D eigenvalue weighted by Gasteiger charge is 2.27. The van der Waals surface area contributed by atoms with Crippen molar-refractivity contribution in [2.24, 2.45) is 0 Å². The zero-order valence-electron chi connectivity index (χ0n) is 14.5. The Labute approximate surface area is 157 Å². The van der Waals surface area contributed by atoms with Gasteiger partial charge in [0, 0.05) is 29.2 Å². The number of anilines is 1. The summed E-state index contributed by atoms with van der Waals surface area (Å²) in [6, 6.07) is 16.5. The van der Waals surface area contributed by atoms with Crippen molar-refractivity contribution in [3.8, 4) is 11.3 Å². The number of benzene rings is 2. The molecule has 132 valence electrons. The standard InChI is InChI=1S/C21H20ClN3O/c1-13(26)11-23-21-24-12-15-10-19(14-6-8-16(22)9-7-14)17-4-2-3-5-18(17)20(15)25-21/h2-9,12-13,19,26H,10-11H2,1H3,(H,23,24,25)/t13-,19?/m1/s1. The van der Waals surface area contributed by atoms with Gasteiger partial charge in [-0.2, -0.15) is 0 Å². The molecular formula is C21H20ClN3O. The topological polar surface area (TPSA) is 58.0 Å². The van der Waals surface area contributed by atoms with Crippen LogP contribution in [0.25, 0.3) is 11.3 Å². The van der Waals surface area contributed by atoms with Crippen LogP contribution in [-0.4, -0.2) is 27.7 Å². The van der Waals surface area contributed by atoms with Crippen molar-refractivity contribution < 1.29 is 5.11 Å². The van der Waals surface area contributed by atoms with Gasteiger partial charge in [-0.15, -0.1) is 0 Å². The van der Waals surface area contributed by atoms with Gasteiger partial charge in [0.2, 0.25) is 5.95 Å². The monoisotopic (exact) mass is 365 g/mol. The fourth-order valence-electron chi connectivity index (χ4n) is 3.45. The van der Waals surface area contributed by atoms with Gasteiger partial charge in [0.05, 0.1) is 11.8 Å².